The first-order valence-corrected chi connectivity index (χ1v) is 5.62. The second kappa shape index (κ2) is 5.14. The van der Waals surface area contributed by atoms with E-state index in [4.69, 9.17) is 11.6 Å². The van der Waals surface area contributed by atoms with E-state index in [-0.39, 0.29) is 0 Å². The van der Waals surface area contributed by atoms with Crippen molar-refractivity contribution < 1.29 is 0 Å². The van der Waals surface area contributed by atoms with Crippen LogP contribution < -0.4 is 5.32 Å². The minimum absolute atomic E-state index is 0.666. The van der Waals surface area contributed by atoms with Gasteiger partial charge in [-0.05, 0) is 30.7 Å². The highest BCUT2D eigenvalue weighted by molar-refractivity contribution is 6.18. The van der Waals surface area contributed by atoms with E-state index in [2.05, 4.69) is 27.4 Å². The fraction of sp³-hybridized carbons (Fsp3) is 0.364. The van der Waals surface area contributed by atoms with E-state index in [1.165, 1.54) is 5.56 Å². The van der Waals surface area contributed by atoms with Crippen LogP contribution in [0.1, 0.15) is 5.56 Å². The lowest BCUT2D eigenvalue weighted by atomic mass is 10.1. The van der Waals surface area contributed by atoms with Crippen LogP contribution in [0.2, 0.25) is 0 Å². The number of nitrogens with one attached hydrogen (secondary N) is 2. The summed E-state index contributed by atoms with van der Waals surface area (Å²) < 4.78 is 0. The van der Waals surface area contributed by atoms with Crippen molar-refractivity contribution in [1.82, 2.24) is 15.3 Å². The van der Waals surface area contributed by atoms with Gasteiger partial charge in [0.1, 0.15) is 0 Å². The molecule has 0 fully saturated rings. The zero-order valence-corrected chi connectivity index (χ0v) is 9.22. The fourth-order valence-corrected chi connectivity index (χ4v) is 1.70. The van der Waals surface area contributed by atoms with Crippen molar-refractivity contribution in [2.24, 2.45) is 0 Å². The summed E-state index contributed by atoms with van der Waals surface area (Å²) in [5.41, 5.74) is 3.44. The molecule has 0 saturated heterocycles. The topological polar surface area (TPSA) is 40.7 Å². The van der Waals surface area contributed by atoms with Gasteiger partial charge in [-0.1, -0.05) is 6.07 Å². The lowest BCUT2D eigenvalue weighted by molar-refractivity contribution is 0.720. The quantitative estimate of drug-likeness (QED) is 0.601. The number of hydrogen-bond acceptors (Lipinski definition) is 2. The molecule has 0 aliphatic heterocycles. The zero-order chi connectivity index (χ0) is 10.5. The maximum Gasteiger partial charge on any atom is 0.0931 e. The monoisotopic (exact) mass is 223 g/mol. The molecule has 80 valence electrons. The molecule has 0 unspecified atom stereocenters. The molecular formula is C11H14ClN3. The van der Waals surface area contributed by atoms with Crippen LogP contribution in [0.25, 0.3) is 11.0 Å². The first kappa shape index (κ1) is 10.5. The van der Waals surface area contributed by atoms with Crippen LogP contribution in [-0.4, -0.2) is 28.9 Å². The Hall–Kier alpha value is -1.06. The molecule has 1 aromatic heterocycles. The third-order valence-corrected chi connectivity index (χ3v) is 2.54. The normalized spacial score (nSPS) is 11.0. The smallest absolute Gasteiger partial charge is 0.0931 e. The first-order valence-electron chi connectivity index (χ1n) is 5.09. The van der Waals surface area contributed by atoms with E-state index in [0.29, 0.717) is 5.88 Å². The Morgan fingerprint density at radius 1 is 1.33 bits per heavy atom. The van der Waals surface area contributed by atoms with Crippen molar-refractivity contribution in [3.05, 3.63) is 30.1 Å². The van der Waals surface area contributed by atoms with Crippen LogP contribution in [0.5, 0.6) is 0 Å². The van der Waals surface area contributed by atoms with Crippen molar-refractivity contribution in [1.29, 1.82) is 0 Å². The van der Waals surface area contributed by atoms with E-state index in [1.807, 2.05) is 6.07 Å². The molecule has 0 bridgehead atoms. The van der Waals surface area contributed by atoms with E-state index in [0.717, 1.165) is 30.5 Å². The summed E-state index contributed by atoms with van der Waals surface area (Å²) in [5.74, 6) is 0.666. The molecule has 2 aromatic rings. The van der Waals surface area contributed by atoms with Gasteiger partial charge in [0.2, 0.25) is 0 Å². The van der Waals surface area contributed by atoms with Gasteiger partial charge in [0.05, 0.1) is 17.4 Å². The number of benzene rings is 1. The Morgan fingerprint density at radius 3 is 3.13 bits per heavy atom. The molecule has 3 nitrogen and oxygen atoms in total. The van der Waals surface area contributed by atoms with Gasteiger partial charge in [0.25, 0.3) is 0 Å². The van der Waals surface area contributed by atoms with Gasteiger partial charge in [-0.3, -0.25) is 0 Å². The largest absolute Gasteiger partial charge is 0.345 e. The van der Waals surface area contributed by atoms with Crippen LogP contribution in [0.15, 0.2) is 24.5 Å². The van der Waals surface area contributed by atoms with E-state index < -0.39 is 0 Å². The molecule has 0 spiro atoms. The lowest BCUT2D eigenvalue weighted by Gasteiger charge is -2.02. The molecule has 0 amide bonds. The predicted octanol–water partition coefficient (Wildman–Crippen LogP) is 1.93. The summed E-state index contributed by atoms with van der Waals surface area (Å²) in [5, 5.41) is 3.27. The minimum Gasteiger partial charge on any atom is -0.345 e. The van der Waals surface area contributed by atoms with E-state index in [9.17, 15) is 0 Å². The highest BCUT2D eigenvalue weighted by Gasteiger charge is 1.97. The molecule has 15 heavy (non-hydrogen) atoms. The van der Waals surface area contributed by atoms with Gasteiger partial charge in [0, 0.05) is 12.4 Å². The number of fused-ring (bicyclic) bond motifs is 1. The molecule has 2 rings (SSSR count). The average molecular weight is 224 g/mol. The first-order chi connectivity index (χ1) is 7.40. The molecule has 0 aliphatic carbocycles. The Labute approximate surface area is 93.9 Å². The van der Waals surface area contributed by atoms with Crippen molar-refractivity contribution in [3.8, 4) is 0 Å². The van der Waals surface area contributed by atoms with E-state index in [1.54, 1.807) is 6.33 Å². The number of aromatic nitrogens is 2. The second-order valence-electron chi connectivity index (χ2n) is 3.44. The van der Waals surface area contributed by atoms with Crippen molar-refractivity contribution in [2.75, 3.05) is 19.0 Å². The molecule has 4 heteroatoms. The fourth-order valence-electron chi connectivity index (χ4n) is 1.56. The van der Waals surface area contributed by atoms with Gasteiger partial charge in [-0.15, -0.1) is 11.6 Å². The Balaban J connectivity index is 1.96. The summed E-state index contributed by atoms with van der Waals surface area (Å²) in [6.45, 7) is 1.83. The second-order valence-corrected chi connectivity index (χ2v) is 3.82. The number of rotatable bonds is 5. The molecular weight excluding hydrogens is 210 g/mol. The number of aromatic amines is 1. The number of alkyl halides is 1. The highest BCUT2D eigenvalue weighted by atomic mass is 35.5. The van der Waals surface area contributed by atoms with Crippen LogP contribution >= 0.6 is 11.6 Å². The predicted molar refractivity (Wildman–Crippen MR) is 63.4 cm³/mol. The number of halogens is 1. The highest BCUT2D eigenvalue weighted by Crippen LogP contribution is 2.11. The minimum atomic E-state index is 0.666. The Kier molecular flexibility index (Phi) is 3.59. The summed E-state index contributed by atoms with van der Waals surface area (Å²) in [4.78, 5) is 7.29. The maximum absolute atomic E-state index is 5.57. The van der Waals surface area contributed by atoms with Gasteiger partial charge in [-0.25, -0.2) is 4.98 Å². The van der Waals surface area contributed by atoms with Crippen molar-refractivity contribution in [2.45, 2.75) is 6.42 Å². The van der Waals surface area contributed by atoms with Gasteiger partial charge in [0.15, 0.2) is 0 Å². The number of imidazole rings is 1. The summed E-state index contributed by atoms with van der Waals surface area (Å²) in [7, 11) is 0. The van der Waals surface area contributed by atoms with Crippen molar-refractivity contribution >= 4 is 22.6 Å². The average Bonchev–Trinajstić information content (AvgIpc) is 2.71. The van der Waals surface area contributed by atoms with Crippen LogP contribution in [0.4, 0.5) is 0 Å². The molecule has 2 N–H and O–H groups in total. The van der Waals surface area contributed by atoms with Crippen LogP contribution in [-0.2, 0) is 6.42 Å². The molecule has 1 aromatic carbocycles. The number of H-pyrrole nitrogens is 1. The molecule has 0 radical (unpaired) electrons. The standard InChI is InChI=1S/C11H14ClN3/c12-4-6-13-5-3-9-1-2-10-11(7-9)15-8-14-10/h1-2,7-8,13H,3-6H2,(H,14,15). The van der Waals surface area contributed by atoms with Crippen LogP contribution in [0.3, 0.4) is 0 Å². The summed E-state index contributed by atoms with van der Waals surface area (Å²) in [6, 6.07) is 6.30. The SMILES string of the molecule is ClCCNCCc1ccc2nc[nH]c2c1. The summed E-state index contributed by atoms with van der Waals surface area (Å²) in [6.07, 6.45) is 2.74. The molecule has 0 saturated carbocycles. The molecule has 0 aliphatic rings. The third-order valence-electron chi connectivity index (χ3n) is 2.35. The Bertz CT molecular complexity index is 424. The third kappa shape index (κ3) is 2.70. The number of nitrogens with zero attached hydrogens (tertiary/aromatic N) is 1. The van der Waals surface area contributed by atoms with E-state index >= 15 is 0 Å². The Morgan fingerprint density at radius 2 is 2.27 bits per heavy atom. The zero-order valence-electron chi connectivity index (χ0n) is 8.46. The maximum atomic E-state index is 5.57. The van der Waals surface area contributed by atoms with Crippen molar-refractivity contribution in [3.63, 3.8) is 0 Å². The number of hydrogen-bond donors (Lipinski definition) is 2. The lowest BCUT2D eigenvalue weighted by Crippen LogP contribution is -2.19. The van der Waals surface area contributed by atoms with Crippen LogP contribution in [0, 0.1) is 0 Å². The molecule has 1 heterocycles. The van der Waals surface area contributed by atoms with Gasteiger partial charge in [-0.2, -0.15) is 0 Å². The van der Waals surface area contributed by atoms with Gasteiger partial charge >= 0.3 is 0 Å². The summed E-state index contributed by atoms with van der Waals surface area (Å²) >= 11 is 5.57. The van der Waals surface area contributed by atoms with Gasteiger partial charge < -0.3 is 10.3 Å². The molecule has 0 atom stereocenters.